The average Bonchev–Trinajstić information content (AvgIpc) is 2.56. The minimum absolute atomic E-state index is 0.181. The molecule has 122 valence electrons. The van der Waals surface area contributed by atoms with E-state index in [0.717, 1.165) is 44.6 Å². The Hall–Kier alpha value is -1.75. The Morgan fingerprint density at radius 2 is 1.95 bits per heavy atom. The lowest BCUT2D eigenvalue weighted by molar-refractivity contribution is 0.0952. The van der Waals surface area contributed by atoms with Gasteiger partial charge in [-0.3, -0.25) is 0 Å². The number of nitrogens with one attached hydrogen (secondary N) is 1. The molecular weight excluding hydrogens is 280 g/mol. The van der Waals surface area contributed by atoms with Crippen molar-refractivity contribution in [1.29, 1.82) is 0 Å². The smallest absolute Gasteiger partial charge is 0.409 e. The summed E-state index contributed by atoms with van der Waals surface area (Å²) in [6.07, 6.45) is 2.80. The van der Waals surface area contributed by atoms with Crippen molar-refractivity contribution >= 4 is 6.09 Å². The van der Waals surface area contributed by atoms with Crippen LogP contribution in [0.3, 0.4) is 0 Å². The third-order valence-electron chi connectivity index (χ3n) is 4.03. The van der Waals surface area contributed by atoms with E-state index in [1.54, 1.807) is 12.0 Å². The van der Waals surface area contributed by atoms with Gasteiger partial charge in [0.2, 0.25) is 0 Å². The number of hydrogen-bond acceptors (Lipinski definition) is 4. The molecule has 0 aliphatic carbocycles. The molecule has 1 aliphatic rings. The molecule has 22 heavy (non-hydrogen) atoms. The van der Waals surface area contributed by atoms with E-state index in [-0.39, 0.29) is 6.09 Å². The van der Waals surface area contributed by atoms with Gasteiger partial charge >= 0.3 is 6.09 Å². The molecule has 1 amide bonds. The van der Waals surface area contributed by atoms with Gasteiger partial charge in [-0.2, -0.15) is 0 Å². The molecule has 1 aromatic rings. The van der Waals surface area contributed by atoms with Gasteiger partial charge in [-0.15, -0.1) is 0 Å². The standard InChI is InChI=1S/C17H26N2O3/c1-3-22-17(20)19-12-9-15(10-13-19)18-11-8-14-4-6-16(21-2)7-5-14/h4-7,15,18H,3,8-13H2,1-2H3. The van der Waals surface area contributed by atoms with Gasteiger partial charge in [0, 0.05) is 19.1 Å². The maximum atomic E-state index is 11.6. The minimum Gasteiger partial charge on any atom is -0.497 e. The molecule has 1 aliphatic heterocycles. The number of benzene rings is 1. The monoisotopic (exact) mass is 306 g/mol. The normalized spacial score (nSPS) is 15.6. The molecule has 0 saturated carbocycles. The molecule has 0 spiro atoms. The molecule has 0 aromatic heterocycles. The van der Waals surface area contributed by atoms with Crippen LogP contribution in [-0.2, 0) is 11.2 Å². The zero-order valence-electron chi connectivity index (χ0n) is 13.5. The molecule has 1 N–H and O–H groups in total. The number of amides is 1. The van der Waals surface area contributed by atoms with E-state index in [4.69, 9.17) is 9.47 Å². The van der Waals surface area contributed by atoms with E-state index in [1.807, 2.05) is 19.1 Å². The van der Waals surface area contributed by atoms with Crippen molar-refractivity contribution in [2.24, 2.45) is 0 Å². The number of hydrogen-bond donors (Lipinski definition) is 1. The molecule has 0 radical (unpaired) electrons. The molecule has 5 nitrogen and oxygen atoms in total. The van der Waals surface area contributed by atoms with Crippen molar-refractivity contribution in [3.05, 3.63) is 29.8 Å². The maximum Gasteiger partial charge on any atom is 0.409 e. The second kappa shape index (κ2) is 8.63. The SMILES string of the molecule is CCOC(=O)N1CCC(NCCc2ccc(OC)cc2)CC1. The second-order valence-electron chi connectivity index (χ2n) is 5.51. The van der Waals surface area contributed by atoms with Gasteiger partial charge < -0.3 is 19.7 Å². The maximum absolute atomic E-state index is 11.6. The highest BCUT2D eigenvalue weighted by Gasteiger charge is 2.22. The van der Waals surface area contributed by atoms with Crippen LogP contribution in [0.1, 0.15) is 25.3 Å². The van der Waals surface area contributed by atoms with Crippen molar-refractivity contribution < 1.29 is 14.3 Å². The molecule has 0 bridgehead atoms. The number of carbonyl (C=O) groups excluding carboxylic acids is 1. The van der Waals surface area contributed by atoms with Crippen LogP contribution in [0, 0.1) is 0 Å². The van der Waals surface area contributed by atoms with E-state index in [2.05, 4.69) is 17.4 Å². The first-order chi connectivity index (χ1) is 10.7. The van der Waals surface area contributed by atoms with Crippen LogP contribution in [0.4, 0.5) is 4.79 Å². The van der Waals surface area contributed by atoms with Crippen molar-refractivity contribution in [1.82, 2.24) is 10.2 Å². The van der Waals surface area contributed by atoms with Crippen molar-refractivity contribution in [2.75, 3.05) is 33.4 Å². The highest BCUT2D eigenvalue weighted by atomic mass is 16.6. The van der Waals surface area contributed by atoms with Crippen LogP contribution in [0.5, 0.6) is 5.75 Å². The summed E-state index contributed by atoms with van der Waals surface area (Å²) >= 11 is 0. The topological polar surface area (TPSA) is 50.8 Å². The van der Waals surface area contributed by atoms with Crippen LogP contribution in [0.15, 0.2) is 24.3 Å². The lowest BCUT2D eigenvalue weighted by Gasteiger charge is -2.31. The van der Waals surface area contributed by atoms with E-state index in [1.165, 1.54) is 5.56 Å². The molecule has 1 fully saturated rings. The predicted octanol–water partition coefficient (Wildman–Crippen LogP) is 2.45. The summed E-state index contributed by atoms with van der Waals surface area (Å²) in [6, 6.07) is 8.68. The largest absolute Gasteiger partial charge is 0.497 e. The fourth-order valence-corrected chi connectivity index (χ4v) is 2.69. The van der Waals surface area contributed by atoms with Crippen molar-refractivity contribution in [3.63, 3.8) is 0 Å². The lowest BCUT2D eigenvalue weighted by Crippen LogP contribution is -2.45. The number of methoxy groups -OCH3 is 1. The van der Waals surface area contributed by atoms with Gasteiger partial charge in [-0.25, -0.2) is 4.79 Å². The first-order valence-electron chi connectivity index (χ1n) is 8.01. The summed E-state index contributed by atoms with van der Waals surface area (Å²) < 4.78 is 10.2. The Bertz CT molecular complexity index is 453. The first-order valence-corrected chi connectivity index (χ1v) is 8.01. The summed E-state index contributed by atoms with van der Waals surface area (Å²) in [4.78, 5) is 13.4. The molecule has 0 unspecified atom stereocenters. The zero-order valence-corrected chi connectivity index (χ0v) is 13.5. The molecular formula is C17H26N2O3. The Labute approximate surface area is 132 Å². The van der Waals surface area contributed by atoms with Gasteiger partial charge in [0.15, 0.2) is 0 Å². The van der Waals surface area contributed by atoms with E-state index in [9.17, 15) is 4.79 Å². The van der Waals surface area contributed by atoms with Gasteiger partial charge in [0.25, 0.3) is 0 Å². The second-order valence-corrected chi connectivity index (χ2v) is 5.51. The van der Waals surface area contributed by atoms with Crippen LogP contribution in [0.2, 0.25) is 0 Å². The van der Waals surface area contributed by atoms with Gasteiger partial charge in [-0.1, -0.05) is 12.1 Å². The molecule has 2 rings (SSSR count). The van der Waals surface area contributed by atoms with Gasteiger partial charge in [0.05, 0.1) is 13.7 Å². The van der Waals surface area contributed by atoms with Gasteiger partial charge in [0.1, 0.15) is 5.75 Å². The number of piperidine rings is 1. The number of ether oxygens (including phenoxy) is 2. The summed E-state index contributed by atoms with van der Waals surface area (Å²) in [5.41, 5.74) is 1.30. The van der Waals surface area contributed by atoms with Crippen LogP contribution >= 0.6 is 0 Å². The molecule has 0 atom stereocenters. The highest BCUT2D eigenvalue weighted by molar-refractivity contribution is 5.67. The number of rotatable bonds is 6. The van der Waals surface area contributed by atoms with Crippen LogP contribution < -0.4 is 10.1 Å². The summed E-state index contributed by atoms with van der Waals surface area (Å²) in [5, 5.41) is 3.58. The minimum atomic E-state index is -0.181. The summed E-state index contributed by atoms with van der Waals surface area (Å²) in [5.74, 6) is 0.892. The quantitative estimate of drug-likeness (QED) is 0.877. The van der Waals surface area contributed by atoms with Gasteiger partial charge in [-0.05, 0) is 50.4 Å². The third kappa shape index (κ3) is 4.91. The molecule has 1 aromatic carbocycles. The third-order valence-corrected chi connectivity index (χ3v) is 4.03. The molecule has 1 heterocycles. The average molecular weight is 306 g/mol. The van der Waals surface area contributed by atoms with E-state index >= 15 is 0 Å². The molecule has 1 saturated heterocycles. The molecule has 5 heteroatoms. The van der Waals surface area contributed by atoms with Crippen molar-refractivity contribution in [2.45, 2.75) is 32.2 Å². The van der Waals surface area contributed by atoms with Crippen molar-refractivity contribution in [3.8, 4) is 5.75 Å². The summed E-state index contributed by atoms with van der Waals surface area (Å²) in [7, 11) is 1.68. The Balaban J connectivity index is 1.65. The van der Waals surface area contributed by atoms with E-state index in [0.29, 0.717) is 12.6 Å². The predicted molar refractivity (Wildman–Crippen MR) is 86.3 cm³/mol. The van der Waals surface area contributed by atoms with Crippen LogP contribution in [-0.4, -0.2) is 50.4 Å². The lowest BCUT2D eigenvalue weighted by atomic mass is 10.0. The fourth-order valence-electron chi connectivity index (χ4n) is 2.69. The Morgan fingerprint density at radius 3 is 2.55 bits per heavy atom. The number of likely N-dealkylation sites (tertiary alicyclic amines) is 1. The Morgan fingerprint density at radius 1 is 1.27 bits per heavy atom. The van der Waals surface area contributed by atoms with E-state index < -0.39 is 0 Å². The highest BCUT2D eigenvalue weighted by Crippen LogP contribution is 2.13. The zero-order chi connectivity index (χ0) is 15.8. The number of carbonyl (C=O) groups is 1. The summed E-state index contributed by atoms with van der Waals surface area (Å²) in [6.45, 7) is 4.79. The Kier molecular flexibility index (Phi) is 6.52. The fraction of sp³-hybridized carbons (Fsp3) is 0.588. The first kappa shape index (κ1) is 16.6. The number of nitrogens with zero attached hydrogens (tertiary/aromatic N) is 1. The van der Waals surface area contributed by atoms with Crippen LogP contribution in [0.25, 0.3) is 0 Å².